The van der Waals surface area contributed by atoms with Crippen molar-refractivity contribution in [2.24, 2.45) is 0 Å². The molecule has 18 heavy (non-hydrogen) atoms. The quantitative estimate of drug-likeness (QED) is 0.675. The van der Waals surface area contributed by atoms with Crippen LogP contribution in [0.3, 0.4) is 0 Å². The van der Waals surface area contributed by atoms with Gasteiger partial charge in [-0.05, 0) is 5.56 Å². The maximum absolute atomic E-state index is 10.9. The number of nitrogens with one attached hydrogen (secondary N) is 1. The molecule has 0 spiro atoms. The van der Waals surface area contributed by atoms with Gasteiger partial charge in [-0.15, -0.1) is 0 Å². The molecule has 6 heteroatoms. The van der Waals surface area contributed by atoms with Gasteiger partial charge in [0.2, 0.25) is 5.91 Å². The first-order valence-corrected chi connectivity index (χ1v) is 5.80. The molecule has 5 nitrogen and oxygen atoms in total. The van der Waals surface area contributed by atoms with E-state index in [1.54, 1.807) is 6.07 Å². The minimum Gasteiger partial charge on any atom is -0.355 e. The van der Waals surface area contributed by atoms with E-state index in [0.29, 0.717) is 11.6 Å². The molecule has 0 aliphatic carbocycles. The summed E-state index contributed by atoms with van der Waals surface area (Å²) in [7, 11) is 0. The van der Waals surface area contributed by atoms with Crippen molar-refractivity contribution in [1.29, 1.82) is 0 Å². The Morgan fingerprint density at radius 2 is 2.11 bits per heavy atom. The van der Waals surface area contributed by atoms with Gasteiger partial charge in [-0.2, -0.15) is 0 Å². The van der Waals surface area contributed by atoms with Crippen molar-refractivity contribution in [3.63, 3.8) is 0 Å². The van der Waals surface area contributed by atoms with E-state index in [1.165, 1.54) is 19.1 Å². The van der Waals surface area contributed by atoms with Crippen LogP contribution < -0.4 is 5.32 Å². The third kappa shape index (κ3) is 3.43. The Hall–Kier alpha value is -1.62. The van der Waals surface area contributed by atoms with Crippen molar-refractivity contribution in [3.8, 4) is 0 Å². The molecule has 0 atom stereocenters. The van der Waals surface area contributed by atoms with E-state index in [1.807, 2.05) is 13.8 Å². The van der Waals surface area contributed by atoms with Crippen LogP contribution in [0.15, 0.2) is 18.2 Å². The summed E-state index contributed by atoms with van der Waals surface area (Å²) in [6, 6.07) is 4.37. The van der Waals surface area contributed by atoms with Gasteiger partial charge in [0, 0.05) is 31.0 Å². The van der Waals surface area contributed by atoms with Gasteiger partial charge in [0.25, 0.3) is 5.69 Å². The van der Waals surface area contributed by atoms with Gasteiger partial charge in [0.15, 0.2) is 0 Å². The smallest absolute Gasteiger partial charge is 0.270 e. The molecule has 0 bridgehead atoms. The Labute approximate surface area is 110 Å². The zero-order valence-electron chi connectivity index (χ0n) is 10.5. The van der Waals surface area contributed by atoms with Gasteiger partial charge < -0.3 is 5.32 Å². The SMILES string of the molecule is CC(=O)NCC(C)(C)c1ccc([N+](=O)[O-])cc1Cl. The predicted octanol–water partition coefficient (Wildman–Crippen LogP) is 2.66. The summed E-state index contributed by atoms with van der Waals surface area (Å²) in [6.45, 7) is 5.68. The first-order chi connectivity index (χ1) is 8.24. The van der Waals surface area contributed by atoms with Gasteiger partial charge in [-0.1, -0.05) is 31.5 Å². The Balaban J connectivity index is 3.01. The highest BCUT2D eigenvalue weighted by Gasteiger charge is 2.25. The number of non-ortho nitro benzene ring substituents is 1. The van der Waals surface area contributed by atoms with E-state index in [4.69, 9.17) is 11.6 Å². The number of amides is 1. The minimum absolute atomic E-state index is 0.0425. The molecule has 0 saturated carbocycles. The van der Waals surface area contributed by atoms with E-state index in [-0.39, 0.29) is 11.6 Å². The van der Waals surface area contributed by atoms with Crippen LogP contribution in [-0.4, -0.2) is 17.4 Å². The molecular formula is C12H15ClN2O3. The fourth-order valence-corrected chi connectivity index (χ4v) is 2.04. The molecule has 1 amide bonds. The molecule has 0 fully saturated rings. The number of nitro benzene ring substituents is 1. The molecule has 0 heterocycles. The zero-order valence-corrected chi connectivity index (χ0v) is 11.2. The number of benzene rings is 1. The standard InChI is InChI=1S/C12H15ClN2O3/c1-8(16)14-7-12(2,3)10-5-4-9(15(17)18)6-11(10)13/h4-6H,7H2,1-3H3,(H,14,16). The summed E-state index contributed by atoms with van der Waals surface area (Å²) >= 11 is 6.06. The van der Waals surface area contributed by atoms with Crippen LogP contribution in [0.25, 0.3) is 0 Å². The van der Waals surface area contributed by atoms with Crippen molar-refractivity contribution < 1.29 is 9.72 Å². The largest absolute Gasteiger partial charge is 0.355 e. The summed E-state index contributed by atoms with van der Waals surface area (Å²) in [5, 5.41) is 13.7. The lowest BCUT2D eigenvalue weighted by atomic mass is 9.84. The number of hydrogen-bond acceptors (Lipinski definition) is 3. The number of nitro groups is 1. The lowest BCUT2D eigenvalue weighted by molar-refractivity contribution is -0.384. The second-order valence-electron chi connectivity index (χ2n) is 4.71. The van der Waals surface area contributed by atoms with Crippen molar-refractivity contribution in [1.82, 2.24) is 5.32 Å². The third-order valence-electron chi connectivity index (χ3n) is 2.67. The van der Waals surface area contributed by atoms with E-state index in [2.05, 4.69) is 5.32 Å². The van der Waals surface area contributed by atoms with Crippen LogP contribution in [0, 0.1) is 10.1 Å². The minimum atomic E-state index is -0.490. The van der Waals surface area contributed by atoms with Crippen molar-refractivity contribution in [3.05, 3.63) is 38.9 Å². The van der Waals surface area contributed by atoms with Gasteiger partial charge >= 0.3 is 0 Å². The molecule has 1 aromatic rings. The second kappa shape index (κ2) is 5.35. The summed E-state index contributed by atoms with van der Waals surface area (Å²) in [4.78, 5) is 21.0. The molecule has 1 aromatic carbocycles. The molecular weight excluding hydrogens is 256 g/mol. The normalized spacial score (nSPS) is 11.1. The van der Waals surface area contributed by atoms with Gasteiger partial charge in [-0.25, -0.2) is 0 Å². The third-order valence-corrected chi connectivity index (χ3v) is 2.98. The fraction of sp³-hybridized carbons (Fsp3) is 0.417. The maximum atomic E-state index is 10.9. The molecule has 0 saturated heterocycles. The molecule has 98 valence electrons. The molecule has 0 aliphatic rings. The van der Waals surface area contributed by atoms with E-state index in [9.17, 15) is 14.9 Å². The fourth-order valence-electron chi connectivity index (χ4n) is 1.61. The highest BCUT2D eigenvalue weighted by atomic mass is 35.5. The molecule has 0 aromatic heterocycles. The Kier molecular flexibility index (Phi) is 4.29. The number of carbonyl (C=O) groups is 1. The first-order valence-electron chi connectivity index (χ1n) is 5.43. The summed E-state index contributed by atoms with van der Waals surface area (Å²) in [5.41, 5.74) is 0.334. The summed E-state index contributed by atoms with van der Waals surface area (Å²) in [6.07, 6.45) is 0. The molecule has 1 rings (SSSR count). The lowest BCUT2D eigenvalue weighted by Crippen LogP contribution is -2.35. The van der Waals surface area contributed by atoms with Gasteiger partial charge in [-0.3, -0.25) is 14.9 Å². The first kappa shape index (κ1) is 14.4. The van der Waals surface area contributed by atoms with Crippen LogP contribution in [0.4, 0.5) is 5.69 Å². The average molecular weight is 271 g/mol. The number of halogens is 1. The topological polar surface area (TPSA) is 72.2 Å². The van der Waals surface area contributed by atoms with E-state index >= 15 is 0 Å². The Morgan fingerprint density at radius 3 is 2.56 bits per heavy atom. The lowest BCUT2D eigenvalue weighted by Gasteiger charge is -2.26. The Morgan fingerprint density at radius 1 is 1.50 bits per heavy atom. The highest BCUT2D eigenvalue weighted by Crippen LogP contribution is 2.32. The van der Waals surface area contributed by atoms with Gasteiger partial charge in [0.1, 0.15) is 0 Å². The number of hydrogen-bond donors (Lipinski definition) is 1. The van der Waals surface area contributed by atoms with E-state index in [0.717, 1.165) is 5.56 Å². The number of nitrogens with zero attached hydrogens (tertiary/aromatic N) is 1. The summed E-state index contributed by atoms with van der Waals surface area (Å²) < 4.78 is 0. The second-order valence-corrected chi connectivity index (χ2v) is 5.12. The van der Waals surface area contributed by atoms with Crippen LogP contribution in [0.2, 0.25) is 5.02 Å². The Bertz CT molecular complexity index is 486. The zero-order chi connectivity index (χ0) is 13.9. The van der Waals surface area contributed by atoms with Gasteiger partial charge in [0.05, 0.1) is 9.95 Å². The number of rotatable bonds is 4. The molecule has 1 N–H and O–H groups in total. The predicted molar refractivity (Wildman–Crippen MR) is 69.8 cm³/mol. The average Bonchev–Trinajstić information content (AvgIpc) is 2.26. The van der Waals surface area contributed by atoms with Crippen LogP contribution >= 0.6 is 11.6 Å². The van der Waals surface area contributed by atoms with E-state index < -0.39 is 10.3 Å². The van der Waals surface area contributed by atoms with Crippen molar-refractivity contribution in [2.75, 3.05) is 6.54 Å². The monoisotopic (exact) mass is 270 g/mol. The highest BCUT2D eigenvalue weighted by molar-refractivity contribution is 6.31. The van der Waals surface area contributed by atoms with Crippen molar-refractivity contribution >= 4 is 23.2 Å². The number of carbonyl (C=O) groups excluding carboxylic acids is 1. The van der Waals surface area contributed by atoms with Crippen LogP contribution in [0.1, 0.15) is 26.3 Å². The maximum Gasteiger partial charge on any atom is 0.270 e. The summed E-state index contributed by atoms with van der Waals surface area (Å²) in [5.74, 6) is -0.124. The molecule has 0 aliphatic heterocycles. The van der Waals surface area contributed by atoms with Crippen LogP contribution in [-0.2, 0) is 10.2 Å². The van der Waals surface area contributed by atoms with Crippen LogP contribution in [0.5, 0.6) is 0 Å². The molecule has 0 unspecified atom stereocenters. The van der Waals surface area contributed by atoms with Crippen molar-refractivity contribution in [2.45, 2.75) is 26.2 Å². The molecule has 0 radical (unpaired) electrons.